The van der Waals surface area contributed by atoms with E-state index in [2.05, 4.69) is 5.32 Å². The lowest BCUT2D eigenvalue weighted by Crippen LogP contribution is -2.27. The predicted octanol–water partition coefficient (Wildman–Crippen LogP) is 2.38. The molecule has 0 saturated carbocycles. The number of hydrogen-bond donors (Lipinski definition) is 2. The summed E-state index contributed by atoms with van der Waals surface area (Å²) in [5.41, 5.74) is -0.0825. The van der Waals surface area contributed by atoms with Gasteiger partial charge in [-0.15, -0.1) is 0 Å². The molecule has 0 bridgehead atoms. The lowest BCUT2D eigenvalue weighted by atomic mass is 9.95. The summed E-state index contributed by atoms with van der Waals surface area (Å²) in [4.78, 5) is 22.8. The van der Waals surface area contributed by atoms with Crippen LogP contribution in [0.4, 0.5) is 5.69 Å². The molecule has 0 unspecified atom stereocenters. The number of carboxylic acid groups (broad SMARTS) is 1. The Labute approximate surface area is 106 Å². The van der Waals surface area contributed by atoms with Gasteiger partial charge in [-0.25, -0.2) is 4.79 Å². The van der Waals surface area contributed by atoms with Gasteiger partial charge in [0.2, 0.25) is 5.91 Å². The van der Waals surface area contributed by atoms with E-state index in [1.165, 1.54) is 19.2 Å². The van der Waals surface area contributed by atoms with Crippen molar-refractivity contribution in [1.29, 1.82) is 0 Å². The molecule has 0 saturated heterocycles. The number of nitrogens with one attached hydrogen (secondary N) is 1. The largest absolute Gasteiger partial charge is 0.496 e. The molecule has 2 N–H and O–H groups in total. The molecular formula is C13H17NO4. The monoisotopic (exact) mass is 251 g/mol. The van der Waals surface area contributed by atoms with E-state index < -0.39 is 11.4 Å². The molecule has 0 aliphatic heterocycles. The maximum atomic E-state index is 11.8. The number of aromatic carboxylic acids is 1. The number of ether oxygens (including phenoxy) is 1. The Balaban J connectivity index is 3.03. The van der Waals surface area contributed by atoms with Crippen molar-refractivity contribution < 1.29 is 19.4 Å². The van der Waals surface area contributed by atoms with Crippen LogP contribution in [0.25, 0.3) is 0 Å². The van der Waals surface area contributed by atoms with E-state index in [1.54, 1.807) is 26.8 Å². The minimum absolute atomic E-state index is 0.0178. The van der Waals surface area contributed by atoms with Gasteiger partial charge in [0.25, 0.3) is 0 Å². The van der Waals surface area contributed by atoms with Gasteiger partial charge in [-0.3, -0.25) is 4.79 Å². The topological polar surface area (TPSA) is 75.6 Å². The molecule has 98 valence electrons. The second kappa shape index (κ2) is 5.08. The Morgan fingerprint density at radius 2 is 1.89 bits per heavy atom. The van der Waals surface area contributed by atoms with E-state index in [4.69, 9.17) is 9.84 Å². The van der Waals surface area contributed by atoms with Crippen LogP contribution in [0.3, 0.4) is 0 Å². The number of hydrogen-bond acceptors (Lipinski definition) is 3. The first-order valence-corrected chi connectivity index (χ1v) is 5.48. The summed E-state index contributed by atoms with van der Waals surface area (Å²) in [6.45, 7) is 5.35. The normalized spacial score (nSPS) is 10.9. The van der Waals surface area contributed by atoms with Crippen LogP contribution in [0, 0.1) is 5.41 Å². The number of methoxy groups -OCH3 is 1. The van der Waals surface area contributed by atoms with Gasteiger partial charge in [-0.05, 0) is 18.2 Å². The average Bonchev–Trinajstić information content (AvgIpc) is 2.27. The smallest absolute Gasteiger partial charge is 0.339 e. The summed E-state index contributed by atoms with van der Waals surface area (Å²) in [6.07, 6.45) is 0. The molecule has 5 nitrogen and oxygen atoms in total. The third kappa shape index (κ3) is 3.23. The number of amides is 1. The highest BCUT2D eigenvalue weighted by atomic mass is 16.5. The lowest BCUT2D eigenvalue weighted by molar-refractivity contribution is -0.123. The van der Waals surface area contributed by atoms with E-state index in [0.717, 1.165) is 0 Å². The second-order valence-electron chi connectivity index (χ2n) is 4.92. The summed E-state index contributed by atoms with van der Waals surface area (Å²) < 4.78 is 4.94. The number of carbonyl (C=O) groups excluding carboxylic acids is 1. The molecular weight excluding hydrogens is 234 g/mol. The summed E-state index contributed by atoms with van der Waals surface area (Å²) >= 11 is 0. The highest BCUT2D eigenvalue weighted by molar-refractivity contribution is 5.97. The first kappa shape index (κ1) is 14.0. The fourth-order valence-electron chi connectivity index (χ4n) is 1.27. The minimum atomic E-state index is -1.10. The number of carboxylic acids is 1. The Morgan fingerprint density at radius 3 is 2.33 bits per heavy atom. The van der Waals surface area contributed by atoms with E-state index in [0.29, 0.717) is 5.69 Å². The van der Waals surface area contributed by atoms with Crippen molar-refractivity contribution >= 4 is 17.6 Å². The highest BCUT2D eigenvalue weighted by Gasteiger charge is 2.22. The van der Waals surface area contributed by atoms with Gasteiger partial charge in [-0.2, -0.15) is 0 Å². The van der Waals surface area contributed by atoms with Gasteiger partial charge in [0.05, 0.1) is 7.11 Å². The molecule has 5 heteroatoms. The fourth-order valence-corrected chi connectivity index (χ4v) is 1.27. The summed E-state index contributed by atoms with van der Waals surface area (Å²) in [5, 5.41) is 11.7. The zero-order valence-electron chi connectivity index (χ0n) is 10.9. The Bertz CT molecular complexity index is 474. The van der Waals surface area contributed by atoms with Crippen LogP contribution in [0.1, 0.15) is 31.1 Å². The molecule has 0 aromatic heterocycles. The standard InChI is InChI=1S/C13H17NO4/c1-13(2,3)12(17)14-8-5-6-10(18-4)9(7-8)11(15)16/h5-7H,1-4H3,(H,14,17)(H,15,16). The summed E-state index contributed by atoms with van der Waals surface area (Å²) in [6, 6.07) is 4.50. The Kier molecular flexibility index (Phi) is 3.96. The van der Waals surface area contributed by atoms with E-state index in [1.807, 2.05) is 0 Å². The van der Waals surface area contributed by atoms with Crippen LogP contribution in [-0.2, 0) is 4.79 Å². The maximum Gasteiger partial charge on any atom is 0.339 e. The van der Waals surface area contributed by atoms with Crippen molar-refractivity contribution in [3.05, 3.63) is 23.8 Å². The van der Waals surface area contributed by atoms with Crippen LogP contribution >= 0.6 is 0 Å². The highest BCUT2D eigenvalue weighted by Crippen LogP contribution is 2.24. The molecule has 0 aliphatic carbocycles. The van der Waals surface area contributed by atoms with Gasteiger partial charge in [0.1, 0.15) is 11.3 Å². The fraction of sp³-hybridized carbons (Fsp3) is 0.385. The van der Waals surface area contributed by atoms with E-state index in [-0.39, 0.29) is 17.2 Å². The molecule has 0 heterocycles. The first-order valence-electron chi connectivity index (χ1n) is 5.48. The van der Waals surface area contributed by atoms with Crippen molar-refractivity contribution in [1.82, 2.24) is 0 Å². The third-order valence-electron chi connectivity index (χ3n) is 2.37. The predicted molar refractivity (Wildman–Crippen MR) is 68.0 cm³/mol. The van der Waals surface area contributed by atoms with Crippen molar-refractivity contribution in [2.24, 2.45) is 5.41 Å². The SMILES string of the molecule is COc1ccc(NC(=O)C(C)(C)C)cc1C(=O)O. The van der Waals surface area contributed by atoms with Crippen LogP contribution in [0.2, 0.25) is 0 Å². The van der Waals surface area contributed by atoms with E-state index >= 15 is 0 Å². The Hall–Kier alpha value is -2.04. The minimum Gasteiger partial charge on any atom is -0.496 e. The maximum absolute atomic E-state index is 11.8. The van der Waals surface area contributed by atoms with Gasteiger partial charge < -0.3 is 15.2 Å². The lowest BCUT2D eigenvalue weighted by Gasteiger charge is -2.18. The molecule has 0 spiro atoms. The van der Waals surface area contributed by atoms with Crippen molar-refractivity contribution in [2.75, 3.05) is 12.4 Å². The number of benzene rings is 1. The van der Waals surface area contributed by atoms with E-state index in [9.17, 15) is 9.59 Å². The summed E-state index contributed by atoms with van der Waals surface area (Å²) in [7, 11) is 1.40. The Morgan fingerprint density at radius 1 is 1.28 bits per heavy atom. The van der Waals surface area contributed by atoms with Crippen LogP contribution in [0.15, 0.2) is 18.2 Å². The molecule has 1 aromatic rings. The van der Waals surface area contributed by atoms with Crippen molar-refractivity contribution in [3.8, 4) is 5.75 Å². The first-order chi connectivity index (χ1) is 8.25. The third-order valence-corrected chi connectivity index (χ3v) is 2.37. The number of anilines is 1. The molecule has 0 atom stereocenters. The zero-order valence-corrected chi connectivity index (χ0v) is 10.9. The molecule has 1 amide bonds. The van der Waals surface area contributed by atoms with Crippen molar-refractivity contribution in [3.63, 3.8) is 0 Å². The van der Waals surface area contributed by atoms with Crippen LogP contribution < -0.4 is 10.1 Å². The van der Waals surface area contributed by atoms with Crippen LogP contribution in [-0.4, -0.2) is 24.1 Å². The van der Waals surface area contributed by atoms with Gasteiger partial charge >= 0.3 is 5.97 Å². The number of rotatable bonds is 3. The molecule has 0 fully saturated rings. The molecule has 0 radical (unpaired) electrons. The molecule has 0 aliphatic rings. The van der Waals surface area contributed by atoms with Crippen LogP contribution in [0.5, 0.6) is 5.75 Å². The van der Waals surface area contributed by atoms with Gasteiger partial charge in [-0.1, -0.05) is 20.8 Å². The molecule has 1 aromatic carbocycles. The van der Waals surface area contributed by atoms with Gasteiger partial charge in [0, 0.05) is 11.1 Å². The second-order valence-corrected chi connectivity index (χ2v) is 4.92. The summed E-state index contributed by atoms with van der Waals surface area (Å²) in [5.74, 6) is -1.01. The molecule has 18 heavy (non-hydrogen) atoms. The molecule has 1 rings (SSSR count). The van der Waals surface area contributed by atoms with Crippen molar-refractivity contribution in [2.45, 2.75) is 20.8 Å². The quantitative estimate of drug-likeness (QED) is 0.864. The zero-order chi connectivity index (χ0) is 13.9. The van der Waals surface area contributed by atoms with Gasteiger partial charge in [0.15, 0.2) is 0 Å². The average molecular weight is 251 g/mol. The number of carbonyl (C=O) groups is 2.